The van der Waals surface area contributed by atoms with Gasteiger partial charge in [-0.05, 0) is 24.6 Å². The van der Waals surface area contributed by atoms with Gasteiger partial charge in [0.05, 0.1) is 22.5 Å². The van der Waals surface area contributed by atoms with E-state index in [0.717, 1.165) is 16.0 Å². The lowest BCUT2D eigenvalue weighted by atomic mass is 10.1. The molecule has 4 nitrogen and oxygen atoms in total. The topological polar surface area (TPSA) is 45.3 Å². The summed E-state index contributed by atoms with van der Waals surface area (Å²) < 4.78 is 6.78. The molecule has 3 aromatic rings. The first-order valence-electron chi connectivity index (χ1n) is 8.54. The third-order valence-electron chi connectivity index (χ3n) is 4.53. The fraction of sp³-hybridized carbons (Fsp3) is 0.250. The van der Waals surface area contributed by atoms with Crippen LogP contribution in [0.15, 0.2) is 54.9 Å². The van der Waals surface area contributed by atoms with Gasteiger partial charge in [-0.2, -0.15) is 0 Å². The minimum Gasteiger partial charge on any atom is -0.367 e. The number of halogens is 1. The number of rotatable bonds is 3. The summed E-state index contributed by atoms with van der Waals surface area (Å²) in [6.45, 7) is 3.13. The number of morpholine rings is 1. The molecule has 2 aromatic heterocycles. The summed E-state index contributed by atoms with van der Waals surface area (Å²) in [5, 5.41) is 0. The second kappa shape index (κ2) is 7.27. The standard InChI is InChI=1S/C20H19ClN2O2S/c1-13-11-23(12-17(25-13)14-5-3-2-4-6-14)20(24)16-10-22-9-15(16)18-7-8-19(21)26-18/h2-10,13,17,22H,11-12H2,1H3/t13-,17-/m1/s1. The Kier molecular flexibility index (Phi) is 4.85. The van der Waals surface area contributed by atoms with Crippen LogP contribution in [-0.2, 0) is 4.74 Å². The van der Waals surface area contributed by atoms with Gasteiger partial charge in [0, 0.05) is 29.4 Å². The Morgan fingerprint density at radius 3 is 2.73 bits per heavy atom. The second-order valence-corrected chi connectivity index (χ2v) is 8.16. The molecule has 1 saturated heterocycles. The number of ether oxygens (including phenoxy) is 1. The number of aromatic nitrogens is 1. The van der Waals surface area contributed by atoms with Gasteiger partial charge in [0.2, 0.25) is 0 Å². The van der Waals surface area contributed by atoms with E-state index in [2.05, 4.69) is 4.98 Å². The third kappa shape index (κ3) is 3.43. The summed E-state index contributed by atoms with van der Waals surface area (Å²) in [6, 6.07) is 13.9. The van der Waals surface area contributed by atoms with Gasteiger partial charge >= 0.3 is 0 Å². The van der Waals surface area contributed by atoms with Crippen LogP contribution in [0, 0.1) is 0 Å². The first kappa shape index (κ1) is 17.3. The average molecular weight is 387 g/mol. The van der Waals surface area contributed by atoms with Crippen LogP contribution in [0.2, 0.25) is 4.34 Å². The molecule has 1 fully saturated rings. The average Bonchev–Trinajstić information content (AvgIpc) is 3.30. The highest BCUT2D eigenvalue weighted by atomic mass is 35.5. The predicted octanol–water partition coefficient (Wildman–Crippen LogP) is 5.00. The van der Waals surface area contributed by atoms with E-state index < -0.39 is 0 Å². The lowest BCUT2D eigenvalue weighted by molar-refractivity contribution is -0.0691. The Balaban J connectivity index is 1.59. The Morgan fingerprint density at radius 2 is 2.00 bits per heavy atom. The number of carbonyl (C=O) groups excluding carboxylic acids is 1. The van der Waals surface area contributed by atoms with Gasteiger partial charge in [-0.15, -0.1) is 11.3 Å². The minimum absolute atomic E-state index is 0.0156. The van der Waals surface area contributed by atoms with Crippen LogP contribution in [-0.4, -0.2) is 35.0 Å². The van der Waals surface area contributed by atoms with Crippen LogP contribution >= 0.6 is 22.9 Å². The molecule has 26 heavy (non-hydrogen) atoms. The second-order valence-electron chi connectivity index (χ2n) is 6.44. The highest BCUT2D eigenvalue weighted by molar-refractivity contribution is 7.19. The van der Waals surface area contributed by atoms with Crippen molar-refractivity contribution in [1.82, 2.24) is 9.88 Å². The maximum absolute atomic E-state index is 13.2. The van der Waals surface area contributed by atoms with Crippen LogP contribution < -0.4 is 0 Å². The van der Waals surface area contributed by atoms with Crippen LogP contribution in [0.25, 0.3) is 10.4 Å². The van der Waals surface area contributed by atoms with E-state index in [0.29, 0.717) is 23.0 Å². The fourth-order valence-corrected chi connectivity index (χ4v) is 4.42. The minimum atomic E-state index is -0.109. The first-order valence-corrected chi connectivity index (χ1v) is 9.73. The summed E-state index contributed by atoms with van der Waals surface area (Å²) in [5.41, 5.74) is 2.66. The molecule has 1 aliphatic rings. The molecule has 1 amide bonds. The summed E-state index contributed by atoms with van der Waals surface area (Å²) in [7, 11) is 0. The molecule has 0 unspecified atom stereocenters. The number of nitrogens with one attached hydrogen (secondary N) is 1. The monoisotopic (exact) mass is 386 g/mol. The van der Waals surface area contributed by atoms with Gasteiger partial charge in [-0.1, -0.05) is 41.9 Å². The van der Waals surface area contributed by atoms with Crippen molar-refractivity contribution in [3.63, 3.8) is 0 Å². The first-order chi connectivity index (χ1) is 12.6. The zero-order valence-electron chi connectivity index (χ0n) is 14.3. The molecule has 0 bridgehead atoms. The van der Waals surface area contributed by atoms with E-state index in [1.165, 1.54) is 11.3 Å². The molecule has 3 heterocycles. The Hall–Kier alpha value is -2.08. The largest absolute Gasteiger partial charge is 0.367 e. The Bertz CT molecular complexity index is 905. The molecule has 0 radical (unpaired) electrons. The lowest BCUT2D eigenvalue weighted by Gasteiger charge is -2.37. The Labute approximate surface area is 161 Å². The molecule has 0 spiro atoms. The summed E-state index contributed by atoms with van der Waals surface area (Å²) in [6.07, 6.45) is 3.50. The summed E-state index contributed by atoms with van der Waals surface area (Å²) in [4.78, 5) is 19.1. The van der Waals surface area contributed by atoms with Gasteiger partial charge < -0.3 is 14.6 Å². The van der Waals surface area contributed by atoms with Gasteiger partial charge in [-0.3, -0.25) is 4.79 Å². The van der Waals surface area contributed by atoms with E-state index in [1.807, 2.05) is 60.5 Å². The number of H-pyrrole nitrogens is 1. The molecule has 1 aliphatic heterocycles. The van der Waals surface area contributed by atoms with Crippen molar-refractivity contribution < 1.29 is 9.53 Å². The molecular formula is C20H19ClN2O2S. The maximum atomic E-state index is 13.2. The van der Waals surface area contributed by atoms with Crippen molar-refractivity contribution in [1.29, 1.82) is 0 Å². The smallest absolute Gasteiger partial charge is 0.256 e. The van der Waals surface area contributed by atoms with E-state index in [4.69, 9.17) is 16.3 Å². The van der Waals surface area contributed by atoms with E-state index >= 15 is 0 Å². The number of carbonyl (C=O) groups is 1. The highest BCUT2D eigenvalue weighted by Crippen LogP contribution is 2.34. The van der Waals surface area contributed by atoms with Crippen molar-refractivity contribution in [3.8, 4) is 10.4 Å². The number of nitrogens with zero attached hydrogens (tertiary/aromatic N) is 1. The van der Waals surface area contributed by atoms with Gasteiger partial charge in [-0.25, -0.2) is 0 Å². The maximum Gasteiger partial charge on any atom is 0.256 e. The summed E-state index contributed by atoms with van der Waals surface area (Å²) >= 11 is 7.53. The van der Waals surface area contributed by atoms with Gasteiger partial charge in [0.1, 0.15) is 6.10 Å². The zero-order valence-corrected chi connectivity index (χ0v) is 15.9. The van der Waals surface area contributed by atoms with Crippen molar-refractivity contribution in [3.05, 3.63) is 70.3 Å². The van der Waals surface area contributed by atoms with Gasteiger partial charge in [0.15, 0.2) is 0 Å². The quantitative estimate of drug-likeness (QED) is 0.688. The van der Waals surface area contributed by atoms with E-state index in [9.17, 15) is 4.79 Å². The van der Waals surface area contributed by atoms with Crippen LogP contribution in [0.3, 0.4) is 0 Å². The third-order valence-corrected chi connectivity index (χ3v) is 5.80. The number of hydrogen-bond acceptors (Lipinski definition) is 3. The molecular weight excluding hydrogens is 368 g/mol. The fourth-order valence-electron chi connectivity index (χ4n) is 3.34. The van der Waals surface area contributed by atoms with E-state index in [1.54, 1.807) is 6.20 Å². The van der Waals surface area contributed by atoms with Crippen molar-refractivity contribution in [2.45, 2.75) is 19.1 Å². The SMILES string of the molecule is C[C@@H]1CN(C(=O)c2c[nH]cc2-c2ccc(Cl)s2)C[C@H](c2ccccc2)O1. The highest BCUT2D eigenvalue weighted by Gasteiger charge is 2.31. The number of aromatic amines is 1. The number of amides is 1. The molecule has 1 N–H and O–H groups in total. The van der Waals surface area contributed by atoms with Crippen molar-refractivity contribution in [2.75, 3.05) is 13.1 Å². The van der Waals surface area contributed by atoms with Crippen LogP contribution in [0.5, 0.6) is 0 Å². The molecule has 134 valence electrons. The molecule has 0 aliphatic carbocycles. The van der Waals surface area contributed by atoms with Crippen molar-refractivity contribution in [2.24, 2.45) is 0 Å². The van der Waals surface area contributed by atoms with Gasteiger partial charge in [0.25, 0.3) is 5.91 Å². The molecule has 4 rings (SSSR count). The predicted molar refractivity (Wildman–Crippen MR) is 105 cm³/mol. The zero-order chi connectivity index (χ0) is 18.1. The Morgan fingerprint density at radius 1 is 1.19 bits per heavy atom. The summed E-state index contributed by atoms with van der Waals surface area (Å²) in [5.74, 6) is 0.0156. The molecule has 1 aromatic carbocycles. The molecule has 0 saturated carbocycles. The number of benzene rings is 1. The van der Waals surface area contributed by atoms with E-state index in [-0.39, 0.29) is 18.1 Å². The van der Waals surface area contributed by atoms with Crippen molar-refractivity contribution >= 4 is 28.8 Å². The normalized spacial score (nSPS) is 20.3. The van der Waals surface area contributed by atoms with Crippen LogP contribution in [0.1, 0.15) is 28.9 Å². The van der Waals surface area contributed by atoms with Crippen LogP contribution in [0.4, 0.5) is 0 Å². The molecule has 2 atom stereocenters. The molecule has 6 heteroatoms. The number of thiophene rings is 1. The number of hydrogen-bond donors (Lipinski definition) is 1. The lowest BCUT2D eigenvalue weighted by Crippen LogP contribution is -2.46.